The number of ether oxygens (including phenoxy) is 2. The van der Waals surface area contributed by atoms with Gasteiger partial charge in [-0.2, -0.15) is 0 Å². The first-order valence-corrected chi connectivity index (χ1v) is 7.04. The van der Waals surface area contributed by atoms with Gasteiger partial charge in [0.2, 0.25) is 5.91 Å². The fourth-order valence-corrected chi connectivity index (χ4v) is 2.23. The largest absolute Gasteiger partial charge is 0.379 e. The molecule has 0 radical (unpaired) electrons. The number of carbonyl (C=O) groups is 1. The normalized spacial score (nSPS) is 17.8. The molecular formula is C14H28N2O3. The van der Waals surface area contributed by atoms with E-state index in [-0.39, 0.29) is 18.1 Å². The van der Waals surface area contributed by atoms with Crippen molar-refractivity contribution in [2.75, 3.05) is 40.5 Å². The van der Waals surface area contributed by atoms with Gasteiger partial charge in [-0.25, -0.2) is 0 Å². The van der Waals surface area contributed by atoms with Crippen molar-refractivity contribution >= 4 is 5.91 Å². The van der Waals surface area contributed by atoms with E-state index in [1.807, 2.05) is 4.90 Å². The number of amides is 1. The third kappa shape index (κ3) is 5.89. The van der Waals surface area contributed by atoms with Crippen molar-refractivity contribution in [2.24, 2.45) is 0 Å². The molecule has 1 aliphatic heterocycles. The van der Waals surface area contributed by atoms with Crippen LogP contribution in [0.2, 0.25) is 0 Å². The van der Waals surface area contributed by atoms with E-state index in [1.54, 1.807) is 14.2 Å². The van der Waals surface area contributed by atoms with E-state index in [1.165, 1.54) is 0 Å². The molecule has 1 saturated heterocycles. The third-order valence-electron chi connectivity index (χ3n) is 3.83. The summed E-state index contributed by atoms with van der Waals surface area (Å²) >= 11 is 0. The van der Waals surface area contributed by atoms with Crippen LogP contribution in [0.4, 0.5) is 0 Å². The molecule has 0 aromatic carbocycles. The number of nitrogens with zero attached hydrogens (tertiary/aromatic N) is 1. The molecule has 112 valence electrons. The van der Waals surface area contributed by atoms with E-state index in [4.69, 9.17) is 9.47 Å². The maximum Gasteiger partial charge on any atom is 0.248 e. The topological polar surface area (TPSA) is 50.8 Å². The number of rotatable bonds is 7. The highest BCUT2D eigenvalue weighted by atomic mass is 16.5. The zero-order valence-electron chi connectivity index (χ0n) is 12.7. The van der Waals surface area contributed by atoms with E-state index < -0.39 is 0 Å². The average Bonchev–Trinajstić information content (AvgIpc) is 2.39. The van der Waals surface area contributed by atoms with Crippen LogP contribution in [0, 0.1) is 0 Å². The Bertz CT molecular complexity index is 274. The molecule has 0 aromatic rings. The Labute approximate surface area is 116 Å². The molecule has 1 N–H and O–H groups in total. The van der Waals surface area contributed by atoms with Gasteiger partial charge in [0.25, 0.3) is 0 Å². The van der Waals surface area contributed by atoms with Crippen LogP contribution in [0.3, 0.4) is 0 Å². The molecule has 1 aliphatic rings. The molecule has 0 saturated carbocycles. The number of piperidine rings is 1. The van der Waals surface area contributed by atoms with Gasteiger partial charge in [-0.1, -0.05) is 0 Å². The Balaban J connectivity index is 2.18. The fourth-order valence-electron chi connectivity index (χ4n) is 2.23. The molecule has 0 spiro atoms. The highest BCUT2D eigenvalue weighted by Gasteiger charge is 2.23. The maximum atomic E-state index is 11.7. The summed E-state index contributed by atoms with van der Waals surface area (Å²) in [6.07, 6.45) is 3.03. The highest BCUT2D eigenvalue weighted by Crippen LogP contribution is 2.14. The minimum Gasteiger partial charge on any atom is -0.379 e. The smallest absolute Gasteiger partial charge is 0.248 e. The Morgan fingerprint density at radius 1 is 1.32 bits per heavy atom. The first-order valence-electron chi connectivity index (χ1n) is 7.04. The number of hydrogen-bond donors (Lipinski definition) is 1. The summed E-state index contributed by atoms with van der Waals surface area (Å²) in [7, 11) is 3.31. The van der Waals surface area contributed by atoms with Crippen LogP contribution >= 0.6 is 0 Å². The molecular weight excluding hydrogens is 244 g/mol. The van der Waals surface area contributed by atoms with Crippen LogP contribution in [-0.2, 0) is 14.3 Å². The van der Waals surface area contributed by atoms with Gasteiger partial charge in [0.15, 0.2) is 0 Å². The summed E-state index contributed by atoms with van der Waals surface area (Å²) < 4.78 is 10.3. The predicted molar refractivity (Wildman–Crippen MR) is 75.2 cm³/mol. The quantitative estimate of drug-likeness (QED) is 0.752. The van der Waals surface area contributed by atoms with Gasteiger partial charge in [-0.05, 0) is 39.7 Å². The molecule has 19 heavy (non-hydrogen) atoms. The minimum absolute atomic E-state index is 0.0673. The van der Waals surface area contributed by atoms with Crippen molar-refractivity contribution in [2.45, 2.75) is 44.8 Å². The zero-order valence-corrected chi connectivity index (χ0v) is 12.7. The molecule has 1 heterocycles. The third-order valence-corrected chi connectivity index (χ3v) is 3.83. The second-order valence-corrected chi connectivity index (χ2v) is 5.76. The van der Waals surface area contributed by atoms with Crippen molar-refractivity contribution in [3.05, 3.63) is 0 Å². The molecule has 5 heteroatoms. The summed E-state index contributed by atoms with van der Waals surface area (Å²) in [5, 5.41) is 3.55. The van der Waals surface area contributed by atoms with Gasteiger partial charge in [0, 0.05) is 33.4 Å². The SMILES string of the molecule is COCC(=O)N1CCC(NCCC(C)(C)OC)CC1. The minimum atomic E-state index is -0.0673. The van der Waals surface area contributed by atoms with Crippen molar-refractivity contribution < 1.29 is 14.3 Å². The summed E-state index contributed by atoms with van der Waals surface area (Å²) in [5.74, 6) is 0.0986. The number of carbonyl (C=O) groups excluding carboxylic acids is 1. The predicted octanol–water partition coefficient (Wildman–Crippen LogP) is 1.03. The summed E-state index contributed by atoms with van der Waals surface area (Å²) in [6.45, 7) is 7.00. The van der Waals surface area contributed by atoms with Gasteiger partial charge < -0.3 is 19.7 Å². The zero-order chi connectivity index (χ0) is 14.3. The van der Waals surface area contributed by atoms with Crippen LogP contribution < -0.4 is 5.32 Å². The van der Waals surface area contributed by atoms with Gasteiger partial charge in [0.1, 0.15) is 6.61 Å². The van der Waals surface area contributed by atoms with Gasteiger partial charge in [0.05, 0.1) is 5.60 Å². The van der Waals surface area contributed by atoms with Gasteiger partial charge in [-0.15, -0.1) is 0 Å². The van der Waals surface area contributed by atoms with E-state index in [2.05, 4.69) is 19.2 Å². The lowest BCUT2D eigenvalue weighted by atomic mass is 10.0. The molecule has 0 unspecified atom stereocenters. The Morgan fingerprint density at radius 3 is 2.47 bits per heavy atom. The lowest BCUT2D eigenvalue weighted by molar-refractivity contribution is -0.136. The molecule has 1 amide bonds. The van der Waals surface area contributed by atoms with Gasteiger partial charge in [-0.3, -0.25) is 4.79 Å². The summed E-state index contributed by atoms with van der Waals surface area (Å²) in [4.78, 5) is 13.5. The molecule has 0 bridgehead atoms. The lowest BCUT2D eigenvalue weighted by Crippen LogP contribution is -2.46. The Kier molecular flexibility index (Phi) is 6.75. The van der Waals surface area contributed by atoms with Gasteiger partial charge >= 0.3 is 0 Å². The van der Waals surface area contributed by atoms with E-state index in [0.29, 0.717) is 6.04 Å². The fraction of sp³-hybridized carbons (Fsp3) is 0.929. The maximum absolute atomic E-state index is 11.7. The van der Waals surface area contributed by atoms with Crippen molar-refractivity contribution in [3.8, 4) is 0 Å². The molecule has 0 aromatic heterocycles. The standard InChI is InChI=1S/C14H28N2O3/c1-14(2,19-4)7-8-15-12-5-9-16(10-6-12)13(17)11-18-3/h12,15H,5-11H2,1-4H3. The Hall–Kier alpha value is -0.650. The number of hydrogen-bond acceptors (Lipinski definition) is 4. The number of likely N-dealkylation sites (tertiary alicyclic amines) is 1. The molecule has 1 fully saturated rings. The first-order chi connectivity index (χ1) is 8.98. The van der Waals surface area contributed by atoms with E-state index in [0.717, 1.165) is 38.9 Å². The van der Waals surface area contributed by atoms with Crippen LogP contribution in [0.25, 0.3) is 0 Å². The second-order valence-electron chi connectivity index (χ2n) is 5.76. The molecule has 0 atom stereocenters. The highest BCUT2D eigenvalue weighted by molar-refractivity contribution is 5.77. The van der Waals surface area contributed by atoms with Crippen molar-refractivity contribution in [1.82, 2.24) is 10.2 Å². The monoisotopic (exact) mass is 272 g/mol. The number of methoxy groups -OCH3 is 2. The molecule has 5 nitrogen and oxygen atoms in total. The first kappa shape index (κ1) is 16.4. The number of nitrogens with one attached hydrogen (secondary N) is 1. The van der Waals surface area contributed by atoms with Crippen LogP contribution in [0.1, 0.15) is 33.1 Å². The van der Waals surface area contributed by atoms with Crippen LogP contribution in [0.5, 0.6) is 0 Å². The summed E-state index contributed by atoms with van der Waals surface area (Å²) in [6, 6.07) is 0.513. The second kappa shape index (κ2) is 7.82. The van der Waals surface area contributed by atoms with E-state index >= 15 is 0 Å². The van der Waals surface area contributed by atoms with Crippen molar-refractivity contribution in [3.63, 3.8) is 0 Å². The van der Waals surface area contributed by atoms with E-state index in [9.17, 15) is 4.79 Å². The average molecular weight is 272 g/mol. The molecule has 1 rings (SSSR count). The Morgan fingerprint density at radius 2 is 1.95 bits per heavy atom. The van der Waals surface area contributed by atoms with Crippen LogP contribution in [-0.4, -0.2) is 62.9 Å². The van der Waals surface area contributed by atoms with Crippen LogP contribution in [0.15, 0.2) is 0 Å². The van der Waals surface area contributed by atoms with Crippen molar-refractivity contribution in [1.29, 1.82) is 0 Å². The molecule has 0 aliphatic carbocycles. The lowest BCUT2D eigenvalue weighted by Gasteiger charge is -2.33. The summed E-state index contributed by atoms with van der Waals surface area (Å²) in [5.41, 5.74) is -0.0673.